The van der Waals surface area contributed by atoms with Gasteiger partial charge in [-0.15, -0.1) is 0 Å². The molecule has 1 saturated heterocycles. The van der Waals surface area contributed by atoms with E-state index >= 15 is 0 Å². The van der Waals surface area contributed by atoms with Crippen molar-refractivity contribution in [1.29, 1.82) is 0 Å². The van der Waals surface area contributed by atoms with Crippen LogP contribution in [0.15, 0.2) is 0 Å². The van der Waals surface area contributed by atoms with Crippen LogP contribution < -0.4 is 0 Å². The zero-order chi connectivity index (χ0) is 16.4. The third-order valence-corrected chi connectivity index (χ3v) is 3.58. The minimum atomic E-state index is -4.72. The van der Waals surface area contributed by atoms with Crippen LogP contribution in [0.3, 0.4) is 0 Å². The van der Waals surface area contributed by atoms with Crippen LogP contribution in [0, 0.1) is 5.92 Å². The molecule has 0 bridgehead atoms. The molecule has 1 N–H and O–H groups in total. The molecular weight excluding hydrogens is 302 g/mol. The van der Waals surface area contributed by atoms with Crippen LogP contribution in [-0.4, -0.2) is 72.1 Å². The van der Waals surface area contributed by atoms with Crippen molar-refractivity contribution in [2.24, 2.45) is 5.92 Å². The van der Waals surface area contributed by atoms with Crippen molar-refractivity contribution in [3.05, 3.63) is 0 Å². The lowest BCUT2D eigenvalue weighted by Crippen LogP contribution is -2.59. The van der Waals surface area contributed by atoms with Crippen molar-refractivity contribution >= 4 is 0 Å². The number of aliphatic hydroxyl groups excluding tert-OH is 1. The fourth-order valence-electron chi connectivity index (χ4n) is 2.49. The maximum Gasteiger partial charge on any atom is 0.415 e. The van der Waals surface area contributed by atoms with Crippen LogP contribution >= 0.6 is 0 Å². The smallest absolute Gasteiger partial charge is 0.382 e. The zero-order valence-electron chi connectivity index (χ0n) is 11.9. The molecule has 1 aliphatic rings. The number of hydrogen-bond acceptors (Lipinski definition) is 3. The number of β-amino-alcohol motifs (C(OH)–C–C–N with tert-alkyl or cyclic N) is 1. The van der Waals surface area contributed by atoms with Gasteiger partial charge in [0, 0.05) is 32.2 Å². The maximum atomic E-state index is 12.4. The number of alkyl halides is 6. The summed E-state index contributed by atoms with van der Waals surface area (Å²) in [5.74, 6) is -0.110. The van der Waals surface area contributed by atoms with Gasteiger partial charge in [0.15, 0.2) is 6.10 Å². The molecule has 0 aromatic carbocycles. The van der Waals surface area contributed by atoms with Crippen molar-refractivity contribution in [3.8, 4) is 0 Å². The average molecular weight is 322 g/mol. The largest absolute Gasteiger partial charge is 0.415 e. The van der Waals surface area contributed by atoms with Gasteiger partial charge in [-0.2, -0.15) is 26.3 Å². The molecule has 1 aliphatic heterocycles. The fraction of sp³-hybridized carbons (Fsp3) is 1.00. The van der Waals surface area contributed by atoms with Gasteiger partial charge in [0.25, 0.3) is 0 Å². The quantitative estimate of drug-likeness (QED) is 0.803. The maximum absolute atomic E-state index is 12.4. The van der Waals surface area contributed by atoms with Gasteiger partial charge < -0.3 is 5.11 Å². The minimum Gasteiger partial charge on any atom is -0.382 e. The van der Waals surface area contributed by atoms with Crippen LogP contribution in [0.4, 0.5) is 26.3 Å². The van der Waals surface area contributed by atoms with E-state index in [0.717, 1.165) is 0 Å². The molecule has 2 unspecified atom stereocenters. The Bertz CT molecular complexity index is 331. The van der Waals surface area contributed by atoms with Gasteiger partial charge >= 0.3 is 12.4 Å². The molecule has 0 aliphatic carbocycles. The van der Waals surface area contributed by atoms with Crippen molar-refractivity contribution in [3.63, 3.8) is 0 Å². The summed E-state index contributed by atoms with van der Waals surface area (Å²) in [6.07, 6.45) is -11.5. The van der Waals surface area contributed by atoms with E-state index in [0.29, 0.717) is 0 Å². The van der Waals surface area contributed by atoms with E-state index in [9.17, 15) is 26.3 Å². The van der Waals surface area contributed by atoms with Crippen molar-refractivity contribution in [2.75, 3.05) is 32.7 Å². The highest BCUT2D eigenvalue weighted by Crippen LogP contribution is 2.25. The lowest BCUT2D eigenvalue weighted by atomic mass is 9.99. The monoisotopic (exact) mass is 322 g/mol. The van der Waals surface area contributed by atoms with Crippen LogP contribution in [0.2, 0.25) is 0 Å². The predicted octanol–water partition coefficient (Wildman–Crippen LogP) is 2.11. The molecule has 1 fully saturated rings. The number of halogens is 6. The second kappa shape index (κ2) is 6.70. The van der Waals surface area contributed by atoms with Crippen LogP contribution in [-0.2, 0) is 0 Å². The van der Waals surface area contributed by atoms with E-state index in [-0.39, 0.29) is 25.6 Å². The molecule has 0 aromatic heterocycles. The lowest BCUT2D eigenvalue weighted by molar-refractivity contribution is -0.212. The van der Waals surface area contributed by atoms with E-state index in [1.165, 1.54) is 9.80 Å². The molecule has 126 valence electrons. The summed E-state index contributed by atoms with van der Waals surface area (Å²) in [6, 6.07) is -0.446. The SMILES string of the molecule is CC(C)C1CN(CC(F)(F)F)CCN1CC(O)C(F)(F)F. The van der Waals surface area contributed by atoms with Gasteiger partial charge in [-0.3, -0.25) is 9.80 Å². The molecule has 3 nitrogen and oxygen atoms in total. The highest BCUT2D eigenvalue weighted by Gasteiger charge is 2.42. The molecule has 21 heavy (non-hydrogen) atoms. The Hall–Kier alpha value is -0.540. The molecule has 2 atom stereocenters. The first-order valence-corrected chi connectivity index (χ1v) is 6.68. The highest BCUT2D eigenvalue weighted by atomic mass is 19.4. The second-order valence-corrected chi connectivity index (χ2v) is 5.71. The van der Waals surface area contributed by atoms with Crippen molar-refractivity contribution < 1.29 is 31.4 Å². The molecule has 0 aromatic rings. The van der Waals surface area contributed by atoms with Crippen molar-refractivity contribution in [1.82, 2.24) is 9.80 Å². The van der Waals surface area contributed by atoms with Gasteiger partial charge in [0.1, 0.15) is 0 Å². The summed E-state index contributed by atoms with van der Waals surface area (Å²) >= 11 is 0. The number of nitrogens with zero attached hydrogens (tertiary/aromatic N) is 2. The first-order valence-electron chi connectivity index (χ1n) is 6.68. The molecule has 1 rings (SSSR count). The standard InChI is InChI=1S/C12H20F6N2O/c1-8(2)9-5-19(7-11(13,14)15)3-4-20(9)6-10(21)12(16,17)18/h8-10,21H,3-7H2,1-2H3. The summed E-state index contributed by atoms with van der Waals surface area (Å²) in [7, 11) is 0. The molecule has 1 heterocycles. The fourth-order valence-corrected chi connectivity index (χ4v) is 2.49. The van der Waals surface area contributed by atoms with Crippen molar-refractivity contribution in [2.45, 2.75) is 38.3 Å². The normalized spacial score (nSPS) is 24.6. The Morgan fingerprint density at radius 3 is 2.10 bits per heavy atom. The molecular formula is C12H20F6N2O. The molecule has 9 heteroatoms. The Labute approximate surface area is 119 Å². The summed E-state index contributed by atoms with van der Waals surface area (Å²) in [5, 5.41) is 9.13. The zero-order valence-corrected chi connectivity index (χ0v) is 11.9. The topological polar surface area (TPSA) is 26.7 Å². The predicted molar refractivity (Wildman–Crippen MR) is 64.8 cm³/mol. The lowest BCUT2D eigenvalue weighted by Gasteiger charge is -2.44. The van der Waals surface area contributed by atoms with E-state index in [1.54, 1.807) is 13.8 Å². The number of rotatable bonds is 4. The summed E-state index contributed by atoms with van der Waals surface area (Å²) in [6.45, 7) is 1.97. The average Bonchev–Trinajstić information content (AvgIpc) is 2.27. The molecule has 0 saturated carbocycles. The third kappa shape index (κ3) is 5.99. The molecule has 0 radical (unpaired) electrons. The van der Waals surface area contributed by atoms with Gasteiger partial charge in [-0.25, -0.2) is 0 Å². The number of aliphatic hydroxyl groups is 1. The Morgan fingerprint density at radius 2 is 1.67 bits per heavy atom. The Kier molecular flexibility index (Phi) is 5.91. The van der Waals surface area contributed by atoms with Crippen LogP contribution in [0.5, 0.6) is 0 Å². The van der Waals surface area contributed by atoms with E-state index < -0.39 is 37.6 Å². The minimum absolute atomic E-state index is 0.0350. The Balaban J connectivity index is 2.67. The molecule has 0 amide bonds. The van der Waals surface area contributed by atoms with Gasteiger partial charge in [-0.1, -0.05) is 13.8 Å². The molecule has 0 spiro atoms. The van der Waals surface area contributed by atoms with Gasteiger partial charge in [0.05, 0.1) is 6.54 Å². The summed E-state index contributed by atoms with van der Waals surface area (Å²) in [5.41, 5.74) is 0. The van der Waals surface area contributed by atoms with E-state index in [1.807, 2.05) is 0 Å². The first-order chi connectivity index (χ1) is 9.40. The summed E-state index contributed by atoms with van der Waals surface area (Å²) in [4.78, 5) is 2.62. The van der Waals surface area contributed by atoms with Crippen LogP contribution in [0.1, 0.15) is 13.8 Å². The van der Waals surface area contributed by atoms with E-state index in [2.05, 4.69) is 0 Å². The number of hydrogen-bond donors (Lipinski definition) is 1. The van der Waals surface area contributed by atoms with Gasteiger partial charge in [0.2, 0.25) is 0 Å². The Morgan fingerprint density at radius 1 is 1.10 bits per heavy atom. The summed E-state index contributed by atoms with van der Waals surface area (Å²) < 4.78 is 74.4. The van der Waals surface area contributed by atoms with E-state index in [4.69, 9.17) is 5.11 Å². The first kappa shape index (κ1) is 18.5. The third-order valence-electron chi connectivity index (χ3n) is 3.58. The number of piperazine rings is 1. The highest BCUT2D eigenvalue weighted by molar-refractivity contribution is 4.87. The van der Waals surface area contributed by atoms with Crippen LogP contribution in [0.25, 0.3) is 0 Å². The van der Waals surface area contributed by atoms with Gasteiger partial charge in [-0.05, 0) is 5.92 Å². The second-order valence-electron chi connectivity index (χ2n) is 5.71.